The molecule has 0 saturated carbocycles. The Hall–Kier alpha value is -0.0800. The van der Waals surface area contributed by atoms with Crippen LogP contribution >= 0.6 is 24.0 Å². The van der Waals surface area contributed by atoms with Gasteiger partial charge < -0.3 is 20.4 Å². The topological polar surface area (TPSA) is 42.9 Å². The second-order valence-electron chi connectivity index (χ2n) is 7.90. The Labute approximate surface area is 178 Å². The third-order valence-electron chi connectivity index (χ3n) is 5.88. The van der Waals surface area contributed by atoms with Crippen LogP contribution in [0.1, 0.15) is 58.8 Å². The molecule has 0 aromatic rings. The lowest BCUT2D eigenvalue weighted by Gasteiger charge is -2.33. The zero-order chi connectivity index (χ0) is 17.9. The van der Waals surface area contributed by atoms with Crippen molar-refractivity contribution in [2.24, 2.45) is 10.9 Å². The lowest BCUT2D eigenvalue weighted by molar-refractivity contribution is 0.159. The highest BCUT2D eigenvalue weighted by molar-refractivity contribution is 14.0. The predicted molar refractivity (Wildman–Crippen MR) is 124 cm³/mol. The first-order valence-electron chi connectivity index (χ1n) is 10.6. The SMILES string of the molecule is CCCN1CCC(CNC(=NC)NCCCN2CCCCC2C)CC1.I. The molecular formula is C20H42IN5. The normalized spacial score (nSPS) is 23.5. The average molecular weight is 479 g/mol. The molecule has 0 aromatic carbocycles. The summed E-state index contributed by atoms with van der Waals surface area (Å²) in [6.45, 7) is 13.0. The van der Waals surface area contributed by atoms with Crippen molar-refractivity contribution in [1.82, 2.24) is 20.4 Å². The minimum absolute atomic E-state index is 0. The molecule has 2 saturated heterocycles. The van der Waals surface area contributed by atoms with Crippen molar-refractivity contribution in [1.29, 1.82) is 0 Å². The lowest BCUT2D eigenvalue weighted by atomic mass is 9.97. The molecule has 2 fully saturated rings. The van der Waals surface area contributed by atoms with Crippen LogP contribution < -0.4 is 10.6 Å². The maximum Gasteiger partial charge on any atom is 0.190 e. The predicted octanol–water partition coefficient (Wildman–Crippen LogP) is 3.16. The summed E-state index contributed by atoms with van der Waals surface area (Å²) in [5, 5.41) is 7.03. The van der Waals surface area contributed by atoms with E-state index in [9.17, 15) is 0 Å². The average Bonchev–Trinajstić information content (AvgIpc) is 2.64. The van der Waals surface area contributed by atoms with Gasteiger partial charge in [0.05, 0.1) is 0 Å². The van der Waals surface area contributed by atoms with E-state index in [0.717, 1.165) is 31.0 Å². The third kappa shape index (κ3) is 8.74. The van der Waals surface area contributed by atoms with Crippen LogP contribution in [0.15, 0.2) is 4.99 Å². The van der Waals surface area contributed by atoms with E-state index in [1.165, 1.54) is 77.7 Å². The smallest absolute Gasteiger partial charge is 0.190 e. The minimum atomic E-state index is 0. The van der Waals surface area contributed by atoms with Crippen LogP contribution in [0.25, 0.3) is 0 Å². The Bertz CT molecular complexity index is 382. The van der Waals surface area contributed by atoms with E-state index < -0.39 is 0 Å². The van der Waals surface area contributed by atoms with Gasteiger partial charge in [0.1, 0.15) is 0 Å². The van der Waals surface area contributed by atoms with Crippen LogP contribution in [-0.2, 0) is 0 Å². The Morgan fingerprint density at radius 3 is 2.46 bits per heavy atom. The molecule has 2 N–H and O–H groups in total. The number of guanidine groups is 1. The van der Waals surface area contributed by atoms with E-state index in [0.29, 0.717) is 0 Å². The highest BCUT2D eigenvalue weighted by Gasteiger charge is 2.19. The molecular weight excluding hydrogens is 437 g/mol. The summed E-state index contributed by atoms with van der Waals surface area (Å²) in [6.07, 6.45) is 9.25. The molecule has 2 rings (SSSR count). The van der Waals surface area contributed by atoms with E-state index in [4.69, 9.17) is 0 Å². The number of halogens is 1. The molecule has 1 atom stereocenters. The van der Waals surface area contributed by atoms with Gasteiger partial charge in [-0.15, -0.1) is 24.0 Å². The molecule has 2 aliphatic heterocycles. The van der Waals surface area contributed by atoms with Gasteiger partial charge in [-0.1, -0.05) is 13.3 Å². The molecule has 0 aliphatic carbocycles. The van der Waals surface area contributed by atoms with Crippen LogP contribution in [0.2, 0.25) is 0 Å². The summed E-state index contributed by atoms with van der Waals surface area (Å²) < 4.78 is 0. The molecule has 0 spiro atoms. The van der Waals surface area contributed by atoms with Crippen molar-refractivity contribution in [3.63, 3.8) is 0 Å². The van der Waals surface area contributed by atoms with E-state index >= 15 is 0 Å². The Balaban J connectivity index is 0.00000338. The van der Waals surface area contributed by atoms with Crippen molar-refractivity contribution in [2.75, 3.05) is 52.9 Å². The number of piperidine rings is 2. The zero-order valence-electron chi connectivity index (χ0n) is 17.3. The van der Waals surface area contributed by atoms with Crippen molar-refractivity contribution >= 4 is 29.9 Å². The first-order chi connectivity index (χ1) is 12.2. The fourth-order valence-electron chi connectivity index (χ4n) is 4.17. The summed E-state index contributed by atoms with van der Waals surface area (Å²) in [5.41, 5.74) is 0. The molecule has 154 valence electrons. The van der Waals surface area contributed by atoms with Gasteiger partial charge in [0.15, 0.2) is 5.96 Å². The van der Waals surface area contributed by atoms with Crippen LogP contribution in [0.5, 0.6) is 0 Å². The maximum atomic E-state index is 4.39. The monoisotopic (exact) mass is 479 g/mol. The maximum absolute atomic E-state index is 4.39. The highest BCUT2D eigenvalue weighted by Crippen LogP contribution is 2.17. The standard InChI is InChI=1S/C20H41N5.HI/c1-4-12-24-15-9-19(10-16-24)17-23-20(21-3)22-11-7-14-25-13-6-5-8-18(25)2;/h18-19H,4-17H2,1-3H3,(H2,21,22,23);1H. The van der Waals surface area contributed by atoms with Crippen molar-refractivity contribution in [2.45, 2.75) is 64.8 Å². The van der Waals surface area contributed by atoms with Gasteiger partial charge in [-0.3, -0.25) is 4.99 Å². The molecule has 2 heterocycles. The van der Waals surface area contributed by atoms with Gasteiger partial charge in [0.2, 0.25) is 0 Å². The fraction of sp³-hybridized carbons (Fsp3) is 0.950. The van der Waals surface area contributed by atoms with Crippen molar-refractivity contribution in [3.8, 4) is 0 Å². The first-order valence-corrected chi connectivity index (χ1v) is 10.6. The minimum Gasteiger partial charge on any atom is -0.356 e. The molecule has 5 nitrogen and oxygen atoms in total. The molecule has 0 amide bonds. The number of hydrogen-bond donors (Lipinski definition) is 2. The molecule has 26 heavy (non-hydrogen) atoms. The van der Waals surface area contributed by atoms with E-state index in [2.05, 4.69) is 39.3 Å². The largest absolute Gasteiger partial charge is 0.356 e. The second-order valence-corrected chi connectivity index (χ2v) is 7.90. The van der Waals surface area contributed by atoms with Crippen LogP contribution in [-0.4, -0.2) is 74.7 Å². The Morgan fingerprint density at radius 2 is 1.81 bits per heavy atom. The number of nitrogens with one attached hydrogen (secondary N) is 2. The van der Waals surface area contributed by atoms with Crippen LogP contribution in [0.3, 0.4) is 0 Å². The first kappa shape index (κ1) is 24.0. The number of aliphatic imine (C=N–C) groups is 1. The number of nitrogens with zero attached hydrogens (tertiary/aromatic N) is 3. The second kappa shape index (κ2) is 14.0. The van der Waals surface area contributed by atoms with Gasteiger partial charge in [-0.2, -0.15) is 0 Å². The zero-order valence-corrected chi connectivity index (χ0v) is 19.6. The van der Waals surface area contributed by atoms with E-state index in [-0.39, 0.29) is 24.0 Å². The van der Waals surface area contributed by atoms with Gasteiger partial charge >= 0.3 is 0 Å². The van der Waals surface area contributed by atoms with Crippen molar-refractivity contribution in [3.05, 3.63) is 0 Å². The number of likely N-dealkylation sites (tertiary alicyclic amines) is 2. The van der Waals surface area contributed by atoms with E-state index in [1.54, 1.807) is 0 Å². The summed E-state index contributed by atoms with van der Waals surface area (Å²) in [7, 11) is 1.88. The molecule has 2 aliphatic rings. The Morgan fingerprint density at radius 1 is 1.04 bits per heavy atom. The summed E-state index contributed by atoms with van der Waals surface area (Å²) >= 11 is 0. The van der Waals surface area contributed by atoms with Crippen LogP contribution in [0, 0.1) is 5.92 Å². The number of hydrogen-bond acceptors (Lipinski definition) is 3. The quantitative estimate of drug-likeness (QED) is 0.243. The van der Waals surface area contributed by atoms with Gasteiger partial charge in [0.25, 0.3) is 0 Å². The number of rotatable bonds is 8. The molecule has 6 heteroatoms. The molecule has 0 radical (unpaired) electrons. The third-order valence-corrected chi connectivity index (χ3v) is 5.88. The fourth-order valence-corrected chi connectivity index (χ4v) is 4.17. The Kier molecular flexibility index (Phi) is 12.9. The lowest BCUT2D eigenvalue weighted by Crippen LogP contribution is -2.44. The summed E-state index contributed by atoms with van der Waals surface area (Å²) in [5.74, 6) is 1.77. The van der Waals surface area contributed by atoms with Gasteiger partial charge in [0, 0.05) is 32.7 Å². The summed E-state index contributed by atoms with van der Waals surface area (Å²) in [6, 6.07) is 0.768. The van der Waals surface area contributed by atoms with Gasteiger partial charge in [-0.25, -0.2) is 0 Å². The molecule has 0 bridgehead atoms. The van der Waals surface area contributed by atoms with Gasteiger partial charge in [-0.05, 0) is 77.5 Å². The highest BCUT2D eigenvalue weighted by atomic mass is 127. The van der Waals surface area contributed by atoms with Crippen LogP contribution in [0.4, 0.5) is 0 Å². The van der Waals surface area contributed by atoms with E-state index in [1.807, 2.05) is 7.05 Å². The van der Waals surface area contributed by atoms with Crippen molar-refractivity contribution < 1.29 is 0 Å². The summed E-state index contributed by atoms with van der Waals surface area (Å²) in [4.78, 5) is 9.63. The molecule has 1 unspecified atom stereocenters. The molecule has 0 aromatic heterocycles.